The molecule has 0 atom stereocenters. The van der Waals surface area contributed by atoms with Gasteiger partial charge in [0.25, 0.3) is 0 Å². The zero-order chi connectivity index (χ0) is 12.2. The SMILES string of the molecule is COc1cc(C(C)(C)N=C=O)c(OC)cn1. The lowest BCUT2D eigenvalue weighted by Gasteiger charge is -2.20. The van der Waals surface area contributed by atoms with Crippen molar-refractivity contribution in [3.8, 4) is 11.6 Å². The van der Waals surface area contributed by atoms with Crippen LogP contribution in [0.15, 0.2) is 17.3 Å². The number of hydrogen-bond acceptors (Lipinski definition) is 5. The van der Waals surface area contributed by atoms with Crippen LogP contribution in [0.5, 0.6) is 11.6 Å². The third kappa shape index (κ3) is 2.38. The topological polar surface area (TPSA) is 60.8 Å². The first-order valence-electron chi connectivity index (χ1n) is 4.72. The molecule has 86 valence electrons. The van der Waals surface area contributed by atoms with Crippen molar-refractivity contribution in [1.82, 2.24) is 4.98 Å². The molecule has 0 aliphatic rings. The first-order chi connectivity index (χ1) is 7.55. The lowest BCUT2D eigenvalue weighted by atomic mass is 9.95. The van der Waals surface area contributed by atoms with E-state index < -0.39 is 5.54 Å². The van der Waals surface area contributed by atoms with Gasteiger partial charge in [0.2, 0.25) is 12.0 Å². The van der Waals surface area contributed by atoms with Crippen LogP contribution < -0.4 is 9.47 Å². The molecule has 0 spiro atoms. The van der Waals surface area contributed by atoms with Crippen LogP contribution in [0, 0.1) is 0 Å². The molecule has 1 aromatic heterocycles. The van der Waals surface area contributed by atoms with E-state index >= 15 is 0 Å². The Morgan fingerprint density at radius 3 is 2.56 bits per heavy atom. The smallest absolute Gasteiger partial charge is 0.235 e. The van der Waals surface area contributed by atoms with Gasteiger partial charge in [0.15, 0.2) is 0 Å². The van der Waals surface area contributed by atoms with E-state index in [1.807, 2.05) is 0 Å². The van der Waals surface area contributed by atoms with E-state index in [0.717, 1.165) is 5.56 Å². The van der Waals surface area contributed by atoms with E-state index in [0.29, 0.717) is 11.6 Å². The minimum absolute atomic E-state index is 0.449. The number of nitrogens with zero attached hydrogens (tertiary/aromatic N) is 2. The molecule has 0 aromatic carbocycles. The van der Waals surface area contributed by atoms with Crippen LogP contribution in [0.25, 0.3) is 0 Å². The molecular formula is C11H14N2O3. The lowest BCUT2D eigenvalue weighted by molar-refractivity contribution is 0.373. The van der Waals surface area contributed by atoms with Gasteiger partial charge in [0.1, 0.15) is 5.75 Å². The fourth-order valence-electron chi connectivity index (χ4n) is 1.35. The van der Waals surface area contributed by atoms with Gasteiger partial charge in [-0.25, -0.2) is 9.78 Å². The molecule has 0 aliphatic heterocycles. The Bertz CT molecular complexity index is 423. The van der Waals surface area contributed by atoms with Crippen LogP contribution in [-0.4, -0.2) is 25.3 Å². The number of aliphatic imine (C=N–C) groups is 1. The second-order valence-electron chi connectivity index (χ2n) is 3.69. The number of carbonyl (C=O) groups excluding carboxylic acids is 1. The van der Waals surface area contributed by atoms with Crippen molar-refractivity contribution >= 4 is 6.08 Å². The molecule has 0 N–H and O–H groups in total. The summed E-state index contributed by atoms with van der Waals surface area (Å²) in [5.41, 5.74) is 0.00810. The molecule has 0 saturated carbocycles. The molecule has 0 fully saturated rings. The van der Waals surface area contributed by atoms with Gasteiger partial charge >= 0.3 is 0 Å². The van der Waals surface area contributed by atoms with Crippen LogP contribution in [0.1, 0.15) is 19.4 Å². The summed E-state index contributed by atoms with van der Waals surface area (Å²) in [6, 6.07) is 1.69. The van der Waals surface area contributed by atoms with Gasteiger partial charge in [0.05, 0.1) is 26.0 Å². The highest BCUT2D eigenvalue weighted by atomic mass is 16.5. The number of isocyanates is 1. The fourth-order valence-corrected chi connectivity index (χ4v) is 1.35. The first kappa shape index (κ1) is 12.2. The zero-order valence-electron chi connectivity index (χ0n) is 9.77. The normalized spacial score (nSPS) is 10.5. The van der Waals surface area contributed by atoms with E-state index in [-0.39, 0.29) is 0 Å². The van der Waals surface area contributed by atoms with Gasteiger partial charge in [0, 0.05) is 11.6 Å². The Morgan fingerprint density at radius 2 is 2.06 bits per heavy atom. The average molecular weight is 222 g/mol. The molecule has 1 heterocycles. The molecule has 1 rings (SSSR count). The van der Waals surface area contributed by atoms with Crippen LogP contribution >= 0.6 is 0 Å². The molecule has 5 nitrogen and oxygen atoms in total. The Kier molecular flexibility index (Phi) is 3.64. The maximum Gasteiger partial charge on any atom is 0.235 e. The van der Waals surface area contributed by atoms with E-state index in [9.17, 15) is 4.79 Å². The first-order valence-corrected chi connectivity index (χ1v) is 4.72. The van der Waals surface area contributed by atoms with Crippen molar-refractivity contribution in [1.29, 1.82) is 0 Å². The molecule has 1 aromatic rings. The van der Waals surface area contributed by atoms with E-state index in [1.165, 1.54) is 20.4 Å². The number of pyridine rings is 1. The van der Waals surface area contributed by atoms with Gasteiger partial charge in [-0.3, -0.25) is 0 Å². The summed E-state index contributed by atoms with van der Waals surface area (Å²) in [5, 5.41) is 0. The maximum atomic E-state index is 10.4. The molecule has 0 unspecified atom stereocenters. The van der Waals surface area contributed by atoms with Crippen molar-refractivity contribution in [3.05, 3.63) is 17.8 Å². The summed E-state index contributed by atoms with van der Waals surface area (Å²) in [5.74, 6) is 1.01. The molecule has 16 heavy (non-hydrogen) atoms. The predicted molar refractivity (Wildman–Crippen MR) is 58.5 cm³/mol. The Labute approximate surface area is 94.1 Å². The van der Waals surface area contributed by atoms with E-state index in [2.05, 4.69) is 9.98 Å². The van der Waals surface area contributed by atoms with E-state index in [1.54, 1.807) is 26.0 Å². The summed E-state index contributed by atoms with van der Waals surface area (Å²) in [7, 11) is 3.06. The summed E-state index contributed by atoms with van der Waals surface area (Å²) < 4.78 is 10.2. The van der Waals surface area contributed by atoms with Crippen LogP contribution in [-0.2, 0) is 10.3 Å². The third-order valence-corrected chi connectivity index (χ3v) is 2.26. The van der Waals surface area contributed by atoms with Crippen LogP contribution in [0.2, 0.25) is 0 Å². The predicted octanol–water partition coefficient (Wildman–Crippen LogP) is 1.67. The van der Waals surface area contributed by atoms with Gasteiger partial charge in [-0.2, -0.15) is 4.99 Å². The highest BCUT2D eigenvalue weighted by Gasteiger charge is 2.25. The number of aromatic nitrogens is 1. The largest absolute Gasteiger partial charge is 0.495 e. The Morgan fingerprint density at radius 1 is 1.38 bits per heavy atom. The minimum atomic E-state index is -0.719. The average Bonchev–Trinajstić information content (AvgIpc) is 2.28. The summed E-state index contributed by atoms with van der Waals surface area (Å²) in [4.78, 5) is 18.1. The van der Waals surface area contributed by atoms with Gasteiger partial charge in [-0.1, -0.05) is 0 Å². The number of methoxy groups -OCH3 is 2. The number of rotatable bonds is 4. The summed E-state index contributed by atoms with van der Waals surface area (Å²) in [6.07, 6.45) is 3.09. The standard InChI is InChI=1S/C11H14N2O3/c1-11(2,13-7-14)8-5-10(16-4)12-6-9(8)15-3/h5-6H,1-4H3. The van der Waals surface area contributed by atoms with Crippen molar-refractivity contribution in [2.24, 2.45) is 4.99 Å². The highest BCUT2D eigenvalue weighted by molar-refractivity contribution is 5.43. The van der Waals surface area contributed by atoms with Crippen molar-refractivity contribution < 1.29 is 14.3 Å². The van der Waals surface area contributed by atoms with Crippen LogP contribution in [0.3, 0.4) is 0 Å². The molecule has 5 heteroatoms. The van der Waals surface area contributed by atoms with Gasteiger partial charge in [-0.15, -0.1) is 0 Å². The molecule has 0 radical (unpaired) electrons. The van der Waals surface area contributed by atoms with Crippen molar-refractivity contribution in [2.75, 3.05) is 14.2 Å². The second-order valence-corrected chi connectivity index (χ2v) is 3.69. The van der Waals surface area contributed by atoms with Gasteiger partial charge < -0.3 is 9.47 Å². The molecule has 0 aliphatic carbocycles. The molecule has 0 saturated heterocycles. The maximum absolute atomic E-state index is 10.4. The summed E-state index contributed by atoms with van der Waals surface area (Å²) >= 11 is 0. The fraction of sp³-hybridized carbons (Fsp3) is 0.455. The van der Waals surface area contributed by atoms with Crippen LogP contribution in [0.4, 0.5) is 0 Å². The zero-order valence-corrected chi connectivity index (χ0v) is 9.77. The number of hydrogen-bond donors (Lipinski definition) is 0. The van der Waals surface area contributed by atoms with Crippen molar-refractivity contribution in [3.63, 3.8) is 0 Å². The second kappa shape index (κ2) is 4.77. The molecular weight excluding hydrogens is 208 g/mol. The monoisotopic (exact) mass is 222 g/mol. The van der Waals surface area contributed by atoms with Crippen molar-refractivity contribution in [2.45, 2.75) is 19.4 Å². The quantitative estimate of drug-likeness (QED) is 0.574. The third-order valence-electron chi connectivity index (χ3n) is 2.26. The lowest BCUT2D eigenvalue weighted by Crippen LogP contribution is -2.15. The molecule has 0 bridgehead atoms. The highest BCUT2D eigenvalue weighted by Crippen LogP contribution is 2.33. The Hall–Kier alpha value is -1.87. The Balaban J connectivity index is 3.33. The van der Waals surface area contributed by atoms with Gasteiger partial charge in [-0.05, 0) is 13.8 Å². The number of ether oxygens (including phenoxy) is 2. The summed E-state index contributed by atoms with van der Waals surface area (Å²) in [6.45, 7) is 3.57. The molecule has 0 amide bonds. The van der Waals surface area contributed by atoms with E-state index in [4.69, 9.17) is 9.47 Å². The minimum Gasteiger partial charge on any atom is -0.495 e.